The van der Waals surface area contributed by atoms with Gasteiger partial charge in [-0.2, -0.15) is 5.26 Å². The van der Waals surface area contributed by atoms with Crippen LogP contribution in [-0.2, 0) is 16.1 Å². The number of esters is 1. The van der Waals surface area contributed by atoms with Gasteiger partial charge in [-0.05, 0) is 11.3 Å². The van der Waals surface area contributed by atoms with Gasteiger partial charge < -0.3 is 4.74 Å². The fraction of sp³-hybridized carbons (Fsp3) is 0.375. The van der Waals surface area contributed by atoms with Crippen molar-refractivity contribution in [2.24, 2.45) is 17.3 Å². The summed E-state index contributed by atoms with van der Waals surface area (Å²) in [6.45, 7) is 2.63. The molecule has 0 N–H and O–H groups in total. The van der Waals surface area contributed by atoms with Crippen molar-refractivity contribution in [1.82, 2.24) is 0 Å². The Morgan fingerprint density at radius 2 is 1.87 bits per heavy atom. The maximum Gasteiger partial charge on any atom is 0.310 e. The average Bonchev–Trinajstić information content (AvgIpc) is 3.04. The SMILES string of the molecule is CC1(C)[C@@H](/C=C/C#N)[C@@H]1C(=O)OCc1c(F)c(F)cc(F)c1F. The molecule has 3 nitrogen and oxygen atoms in total. The van der Waals surface area contributed by atoms with Crippen LogP contribution in [0.5, 0.6) is 0 Å². The number of rotatable bonds is 4. The molecule has 0 spiro atoms. The maximum absolute atomic E-state index is 13.5. The van der Waals surface area contributed by atoms with E-state index in [2.05, 4.69) is 0 Å². The molecule has 0 unspecified atom stereocenters. The zero-order valence-corrected chi connectivity index (χ0v) is 12.4. The molecule has 0 bridgehead atoms. The Hall–Kier alpha value is -2.36. The Morgan fingerprint density at radius 1 is 1.30 bits per heavy atom. The van der Waals surface area contributed by atoms with Crippen molar-refractivity contribution in [3.8, 4) is 6.07 Å². The van der Waals surface area contributed by atoms with Crippen LogP contribution in [-0.4, -0.2) is 5.97 Å². The van der Waals surface area contributed by atoms with E-state index in [1.54, 1.807) is 26.0 Å². The number of carbonyl (C=O) groups excluding carboxylic acids is 1. The minimum Gasteiger partial charge on any atom is -0.460 e. The lowest BCUT2D eigenvalue weighted by atomic mass is 10.1. The molecule has 2 rings (SSSR count). The largest absolute Gasteiger partial charge is 0.460 e. The van der Waals surface area contributed by atoms with Gasteiger partial charge in [0.15, 0.2) is 23.3 Å². The Bertz CT molecular complexity index is 696. The van der Waals surface area contributed by atoms with E-state index < -0.39 is 52.7 Å². The molecule has 1 aromatic carbocycles. The Kier molecular flexibility index (Phi) is 4.46. The van der Waals surface area contributed by atoms with Gasteiger partial charge in [0, 0.05) is 12.1 Å². The summed E-state index contributed by atoms with van der Waals surface area (Å²) in [6.07, 6.45) is 2.79. The molecule has 1 aromatic rings. The van der Waals surface area contributed by atoms with Crippen LogP contribution >= 0.6 is 0 Å². The molecular formula is C16H13F4NO2. The topological polar surface area (TPSA) is 50.1 Å². The second kappa shape index (κ2) is 6.03. The summed E-state index contributed by atoms with van der Waals surface area (Å²) >= 11 is 0. The first-order chi connectivity index (χ1) is 10.7. The van der Waals surface area contributed by atoms with Crippen molar-refractivity contribution in [3.63, 3.8) is 0 Å². The quantitative estimate of drug-likeness (QED) is 0.367. The highest BCUT2D eigenvalue weighted by Crippen LogP contribution is 2.59. The number of benzene rings is 1. The average molecular weight is 327 g/mol. The molecule has 0 aromatic heterocycles. The lowest BCUT2D eigenvalue weighted by Crippen LogP contribution is -2.13. The van der Waals surface area contributed by atoms with Crippen molar-refractivity contribution < 1.29 is 27.1 Å². The van der Waals surface area contributed by atoms with E-state index >= 15 is 0 Å². The number of ether oxygens (including phenoxy) is 1. The number of halogens is 4. The van der Waals surface area contributed by atoms with E-state index in [4.69, 9.17) is 10.00 Å². The van der Waals surface area contributed by atoms with Crippen LogP contribution in [0.4, 0.5) is 17.6 Å². The van der Waals surface area contributed by atoms with E-state index in [0.29, 0.717) is 0 Å². The van der Waals surface area contributed by atoms with Crippen molar-refractivity contribution in [2.75, 3.05) is 0 Å². The molecule has 1 saturated carbocycles. The second-order valence-electron chi connectivity index (χ2n) is 5.87. The van der Waals surface area contributed by atoms with Crippen LogP contribution in [0.15, 0.2) is 18.2 Å². The summed E-state index contributed by atoms with van der Waals surface area (Å²) in [7, 11) is 0. The third kappa shape index (κ3) is 3.07. The van der Waals surface area contributed by atoms with Crippen LogP contribution in [0.1, 0.15) is 19.4 Å². The standard InChI is InChI=1S/C16H13F4NO2/c1-16(2)9(4-3-5-21)12(16)15(22)23-7-8-13(19)10(17)6-11(18)14(8)20/h3-4,6,9,12H,7H2,1-2H3/b4-3+/t9-,12+/m0/s1. The van der Waals surface area contributed by atoms with Crippen LogP contribution in [0.25, 0.3) is 0 Å². The summed E-state index contributed by atoms with van der Waals surface area (Å²) in [4.78, 5) is 12.0. The minimum atomic E-state index is -1.59. The molecular weight excluding hydrogens is 314 g/mol. The Balaban J connectivity index is 2.10. The van der Waals surface area contributed by atoms with Gasteiger partial charge in [-0.15, -0.1) is 0 Å². The maximum atomic E-state index is 13.5. The minimum absolute atomic E-state index is 0.0860. The molecule has 122 valence electrons. The molecule has 0 amide bonds. The van der Waals surface area contributed by atoms with Gasteiger partial charge >= 0.3 is 5.97 Å². The zero-order valence-electron chi connectivity index (χ0n) is 12.4. The molecule has 0 saturated heterocycles. The number of nitriles is 1. The first kappa shape index (κ1) is 17.0. The van der Waals surface area contributed by atoms with Gasteiger partial charge in [-0.1, -0.05) is 19.9 Å². The highest BCUT2D eigenvalue weighted by molar-refractivity contribution is 5.78. The summed E-state index contributed by atoms with van der Waals surface area (Å²) in [6, 6.07) is 1.89. The fourth-order valence-corrected chi connectivity index (χ4v) is 2.62. The van der Waals surface area contributed by atoms with Crippen molar-refractivity contribution in [3.05, 3.63) is 47.1 Å². The predicted octanol–water partition coefficient (Wildman–Crippen LogP) is 3.64. The van der Waals surface area contributed by atoms with Gasteiger partial charge in [0.1, 0.15) is 6.61 Å². The summed E-state index contributed by atoms with van der Waals surface area (Å²) in [5.41, 5.74) is -1.44. The molecule has 0 radical (unpaired) electrons. The summed E-state index contributed by atoms with van der Waals surface area (Å²) < 4.78 is 57.9. The monoisotopic (exact) mass is 327 g/mol. The molecule has 1 aliphatic rings. The summed E-state index contributed by atoms with van der Waals surface area (Å²) in [5.74, 6) is -7.87. The third-order valence-corrected chi connectivity index (χ3v) is 4.10. The molecule has 1 fully saturated rings. The first-order valence-corrected chi connectivity index (χ1v) is 6.76. The predicted molar refractivity (Wildman–Crippen MR) is 71.6 cm³/mol. The number of hydrogen-bond acceptors (Lipinski definition) is 3. The van der Waals surface area contributed by atoms with Gasteiger partial charge in [-0.3, -0.25) is 4.79 Å². The molecule has 23 heavy (non-hydrogen) atoms. The van der Waals surface area contributed by atoms with Gasteiger partial charge in [0.2, 0.25) is 0 Å². The number of carbonyl (C=O) groups is 1. The van der Waals surface area contributed by atoms with E-state index in [9.17, 15) is 22.4 Å². The molecule has 7 heteroatoms. The number of nitrogens with zero attached hydrogens (tertiary/aromatic N) is 1. The lowest BCUT2D eigenvalue weighted by molar-refractivity contribution is -0.147. The zero-order chi connectivity index (χ0) is 17.4. The Morgan fingerprint density at radius 3 is 2.39 bits per heavy atom. The van der Waals surface area contributed by atoms with E-state index in [-0.39, 0.29) is 12.0 Å². The van der Waals surface area contributed by atoms with Gasteiger partial charge in [-0.25, -0.2) is 17.6 Å². The van der Waals surface area contributed by atoms with E-state index in [1.807, 2.05) is 0 Å². The van der Waals surface area contributed by atoms with Crippen LogP contribution in [0, 0.1) is 51.9 Å². The van der Waals surface area contributed by atoms with E-state index in [0.717, 1.165) is 0 Å². The highest BCUT2D eigenvalue weighted by Gasteiger charge is 2.61. The molecule has 1 aliphatic carbocycles. The normalized spacial score (nSPS) is 22.0. The van der Waals surface area contributed by atoms with Crippen LogP contribution in [0.2, 0.25) is 0 Å². The molecule has 0 heterocycles. The second-order valence-corrected chi connectivity index (χ2v) is 5.87. The highest BCUT2D eigenvalue weighted by atomic mass is 19.2. The molecule has 2 atom stereocenters. The first-order valence-electron chi connectivity index (χ1n) is 6.76. The van der Waals surface area contributed by atoms with E-state index in [1.165, 1.54) is 6.08 Å². The van der Waals surface area contributed by atoms with Gasteiger partial charge in [0.25, 0.3) is 0 Å². The lowest BCUT2D eigenvalue weighted by Gasteiger charge is -2.09. The van der Waals surface area contributed by atoms with Gasteiger partial charge in [0.05, 0.1) is 17.6 Å². The molecule has 0 aliphatic heterocycles. The fourth-order valence-electron chi connectivity index (χ4n) is 2.62. The van der Waals surface area contributed by atoms with Crippen LogP contribution in [0.3, 0.4) is 0 Å². The number of hydrogen-bond donors (Lipinski definition) is 0. The van der Waals surface area contributed by atoms with Crippen molar-refractivity contribution >= 4 is 5.97 Å². The van der Waals surface area contributed by atoms with Crippen molar-refractivity contribution in [1.29, 1.82) is 5.26 Å². The smallest absolute Gasteiger partial charge is 0.310 e. The third-order valence-electron chi connectivity index (χ3n) is 4.10. The Labute approximate surface area is 130 Å². The van der Waals surface area contributed by atoms with Crippen LogP contribution < -0.4 is 0 Å². The number of allylic oxidation sites excluding steroid dienone is 2. The van der Waals surface area contributed by atoms with Crippen molar-refractivity contribution in [2.45, 2.75) is 20.5 Å². The summed E-state index contributed by atoms with van der Waals surface area (Å²) in [5, 5.41) is 8.50.